The molecule has 0 aliphatic carbocycles. The van der Waals surface area contributed by atoms with Gasteiger partial charge in [0.05, 0.1) is 12.3 Å². The normalized spacial score (nSPS) is 25.3. The fourth-order valence-corrected chi connectivity index (χ4v) is 3.52. The molecule has 2 aliphatic rings. The zero-order valence-electron chi connectivity index (χ0n) is 14.5. The summed E-state index contributed by atoms with van der Waals surface area (Å²) < 4.78 is 1.91. The van der Waals surface area contributed by atoms with Gasteiger partial charge in [-0.15, -0.1) is 0 Å². The highest BCUT2D eigenvalue weighted by Crippen LogP contribution is 2.22. The molecule has 0 aromatic carbocycles. The maximum Gasteiger partial charge on any atom is 0.248 e. The number of fused-ring (bicyclic) bond motifs is 1. The molecule has 2 saturated heterocycles. The van der Waals surface area contributed by atoms with Crippen molar-refractivity contribution in [2.45, 2.75) is 39.0 Å². The van der Waals surface area contributed by atoms with Crippen LogP contribution in [-0.2, 0) is 22.7 Å². The minimum Gasteiger partial charge on any atom is -0.394 e. The summed E-state index contributed by atoms with van der Waals surface area (Å²) in [5.41, 5.74) is 2.16. The van der Waals surface area contributed by atoms with Crippen LogP contribution in [0.15, 0.2) is 6.20 Å². The van der Waals surface area contributed by atoms with Crippen LogP contribution in [0.3, 0.4) is 0 Å². The van der Waals surface area contributed by atoms with Crippen LogP contribution in [0.1, 0.15) is 18.2 Å². The molecule has 0 saturated carbocycles. The first-order valence-electron chi connectivity index (χ1n) is 8.39. The van der Waals surface area contributed by atoms with E-state index in [0.29, 0.717) is 19.6 Å². The van der Waals surface area contributed by atoms with E-state index in [9.17, 15) is 14.7 Å². The summed E-state index contributed by atoms with van der Waals surface area (Å²) in [6.07, 6.45) is 2.05. The van der Waals surface area contributed by atoms with Crippen LogP contribution in [0.5, 0.6) is 0 Å². The van der Waals surface area contributed by atoms with Crippen LogP contribution in [0.2, 0.25) is 0 Å². The number of aromatic nitrogens is 2. The number of aliphatic hydroxyl groups excluding tert-OH is 1. The SMILES string of the molecule is CCn1cc(CN2CCN3C(=O)[C@H](CO)N(C)C(=O)[C@H]3C2)c(C)n1. The Morgan fingerprint density at radius 2 is 2.04 bits per heavy atom. The van der Waals surface area contributed by atoms with E-state index in [1.807, 2.05) is 17.8 Å². The first-order chi connectivity index (χ1) is 11.5. The van der Waals surface area contributed by atoms with E-state index in [1.165, 1.54) is 4.90 Å². The molecule has 1 N–H and O–H groups in total. The zero-order valence-corrected chi connectivity index (χ0v) is 14.5. The number of carbonyl (C=O) groups excluding carboxylic acids is 2. The van der Waals surface area contributed by atoms with Crippen molar-refractivity contribution in [2.24, 2.45) is 0 Å². The maximum absolute atomic E-state index is 12.6. The molecule has 2 amide bonds. The van der Waals surface area contributed by atoms with E-state index < -0.39 is 12.1 Å². The highest BCUT2D eigenvalue weighted by atomic mass is 16.3. The molecule has 1 aromatic rings. The second kappa shape index (κ2) is 6.52. The number of hydrogen-bond acceptors (Lipinski definition) is 5. The van der Waals surface area contributed by atoms with E-state index in [0.717, 1.165) is 24.3 Å². The monoisotopic (exact) mass is 335 g/mol. The van der Waals surface area contributed by atoms with Gasteiger partial charge in [0.15, 0.2) is 0 Å². The Balaban J connectivity index is 1.72. The predicted octanol–water partition coefficient (Wildman–Crippen LogP) is -0.943. The molecule has 2 atom stereocenters. The lowest BCUT2D eigenvalue weighted by Gasteiger charge is -2.47. The number of nitrogens with zero attached hydrogens (tertiary/aromatic N) is 5. The van der Waals surface area contributed by atoms with E-state index >= 15 is 0 Å². The number of likely N-dealkylation sites (N-methyl/N-ethyl adjacent to an activating group) is 1. The number of carbonyl (C=O) groups is 2. The van der Waals surface area contributed by atoms with Crippen molar-refractivity contribution in [3.05, 3.63) is 17.5 Å². The van der Waals surface area contributed by atoms with Gasteiger partial charge in [0.1, 0.15) is 12.1 Å². The van der Waals surface area contributed by atoms with Gasteiger partial charge in [-0.2, -0.15) is 5.10 Å². The van der Waals surface area contributed by atoms with Gasteiger partial charge in [-0.25, -0.2) is 0 Å². The molecule has 8 nitrogen and oxygen atoms in total. The molecule has 2 aliphatic heterocycles. The van der Waals surface area contributed by atoms with Crippen LogP contribution < -0.4 is 0 Å². The van der Waals surface area contributed by atoms with Crippen LogP contribution in [-0.4, -0.2) is 86.8 Å². The number of rotatable bonds is 4. The van der Waals surface area contributed by atoms with E-state index in [-0.39, 0.29) is 18.4 Å². The Kier molecular flexibility index (Phi) is 4.60. The number of aryl methyl sites for hydroxylation is 2. The lowest BCUT2D eigenvalue weighted by Crippen LogP contribution is -2.69. The molecule has 1 aromatic heterocycles. The molecule has 132 valence electrons. The summed E-state index contributed by atoms with van der Waals surface area (Å²) in [6, 6.07) is -1.20. The molecular weight excluding hydrogens is 310 g/mol. The average Bonchev–Trinajstić information content (AvgIpc) is 2.93. The first kappa shape index (κ1) is 16.9. The molecule has 3 heterocycles. The number of piperazine rings is 2. The molecular formula is C16H25N5O3. The standard InChI is InChI=1S/C16H25N5O3/c1-4-20-8-12(11(2)17-20)7-19-5-6-21-13(9-19)15(23)18(3)14(10-22)16(21)24/h8,13-14,22H,4-7,9-10H2,1-3H3/t13-,14+/m1/s1. The maximum atomic E-state index is 12.6. The Morgan fingerprint density at radius 1 is 1.29 bits per heavy atom. The lowest BCUT2D eigenvalue weighted by molar-refractivity contribution is -0.165. The van der Waals surface area contributed by atoms with Crippen LogP contribution >= 0.6 is 0 Å². The highest BCUT2D eigenvalue weighted by Gasteiger charge is 2.46. The minimum atomic E-state index is -0.745. The molecule has 0 bridgehead atoms. The molecule has 0 spiro atoms. The quantitative estimate of drug-likeness (QED) is 0.768. The van der Waals surface area contributed by atoms with Crippen molar-refractivity contribution in [3.8, 4) is 0 Å². The van der Waals surface area contributed by atoms with Gasteiger partial charge >= 0.3 is 0 Å². The third-order valence-corrected chi connectivity index (χ3v) is 5.07. The van der Waals surface area contributed by atoms with Gasteiger partial charge in [-0.3, -0.25) is 19.2 Å². The van der Waals surface area contributed by atoms with Crippen molar-refractivity contribution in [3.63, 3.8) is 0 Å². The van der Waals surface area contributed by atoms with Gasteiger partial charge < -0.3 is 14.9 Å². The Labute approximate surface area is 141 Å². The van der Waals surface area contributed by atoms with Crippen molar-refractivity contribution >= 4 is 11.8 Å². The third-order valence-electron chi connectivity index (χ3n) is 5.07. The zero-order chi connectivity index (χ0) is 17.4. The summed E-state index contributed by atoms with van der Waals surface area (Å²) in [5.74, 6) is -0.251. The lowest BCUT2D eigenvalue weighted by atomic mass is 10.0. The van der Waals surface area contributed by atoms with Crippen LogP contribution in [0.25, 0.3) is 0 Å². The fourth-order valence-electron chi connectivity index (χ4n) is 3.52. The molecule has 0 unspecified atom stereocenters. The molecule has 3 rings (SSSR count). The van der Waals surface area contributed by atoms with E-state index in [2.05, 4.69) is 16.9 Å². The van der Waals surface area contributed by atoms with Gasteiger partial charge in [0, 0.05) is 51.5 Å². The smallest absolute Gasteiger partial charge is 0.248 e. The van der Waals surface area contributed by atoms with Crippen molar-refractivity contribution in [2.75, 3.05) is 33.3 Å². The minimum absolute atomic E-state index is 0.0978. The second-order valence-electron chi connectivity index (χ2n) is 6.53. The average molecular weight is 335 g/mol. The molecule has 2 fully saturated rings. The Morgan fingerprint density at radius 3 is 2.67 bits per heavy atom. The van der Waals surface area contributed by atoms with Crippen molar-refractivity contribution in [1.82, 2.24) is 24.5 Å². The summed E-state index contributed by atoms with van der Waals surface area (Å²) >= 11 is 0. The van der Waals surface area contributed by atoms with E-state index in [1.54, 1.807) is 11.9 Å². The molecule has 0 radical (unpaired) electrons. The number of amides is 2. The second-order valence-corrected chi connectivity index (χ2v) is 6.53. The van der Waals surface area contributed by atoms with Gasteiger partial charge in [0.2, 0.25) is 11.8 Å². The molecule has 8 heteroatoms. The fraction of sp³-hybridized carbons (Fsp3) is 0.688. The summed E-state index contributed by atoms with van der Waals surface area (Å²) in [4.78, 5) is 30.2. The first-order valence-corrected chi connectivity index (χ1v) is 8.39. The van der Waals surface area contributed by atoms with Gasteiger partial charge in [-0.05, 0) is 13.8 Å². The largest absolute Gasteiger partial charge is 0.394 e. The topological polar surface area (TPSA) is 81.9 Å². The summed E-state index contributed by atoms with van der Waals surface area (Å²) in [5, 5.41) is 13.8. The van der Waals surface area contributed by atoms with Crippen molar-refractivity contribution < 1.29 is 14.7 Å². The Bertz CT molecular complexity index is 644. The summed E-state index contributed by atoms with van der Waals surface area (Å²) in [6.45, 7) is 7.02. The Hall–Kier alpha value is -1.93. The number of aliphatic hydroxyl groups is 1. The predicted molar refractivity (Wildman–Crippen MR) is 87.1 cm³/mol. The molecule has 24 heavy (non-hydrogen) atoms. The van der Waals surface area contributed by atoms with Crippen LogP contribution in [0, 0.1) is 6.92 Å². The highest BCUT2D eigenvalue weighted by molar-refractivity contribution is 5.97. The summed E-state index contributed by atoms with van der Waals surface area (Å²) in [7, 11) is 1.59. The van der Waals surface area contributed by atoms with E-state index in [4.69, 9.17) is 0 Å². The van der Waals surface area contributed by atoms with Crippen LogP contribution in [0.4, 0.5) is 0 Å². The third kappa shape index (κ3) is 2.80. The van der Waals surface area contributed by atoms with Gasteiger partial charge in [0.25, 0.3) is 0 Å². The number of hydrogen-bond donors (Lipinski definition) is 1. The van der Waals surface area contributed by atoms with Gasteiger partial charge in [-0.1, -0.05) is 0 Å². The van der Waals surface area contributed by atoms with Crippen molar-refractivity contribution in [1.29, 1.82) is 0 Å².